The molecule has 0 fully saturated rings. The molecule has 0 atom stereocenters. The standard InChI is InChI=1S/C22H18N2O6S2/c1-28-21(27)13-2-5-15(6-3-13)23-20(26)9-16-10-31-22(24-16)32-11-17(25)14-4-7-18-19(8-14)30-12-29-18/h2-8,10H,9,11-12H2,1H3,(H,23,26). The molecule has 1 aliphatic rings. The van der Waals surface area contributed by atoms with E-state index in [1.165, 1.54) is 30.2 Å². The molecule has 0 saturated carbocycles. The molecular weight excluding hydrogens is 452 g/mol. The number of rotatable bonds is 8. The first kappa shape index (κ1) is 21.8. The highest BCUT2D eigenvalue weighted by molar-refractivity contribution is 8.01. The van der Waals surface area contributed by atoms with Gasteiger partial charge in [0.2, 0.25) is 12.7 Å². The van der Waals surface area contributed by atoms with Gasteiger partial charge in [-0.1, -0.05) is 11.8 Å². The number of thioether (sulfide) groups is 1. The van der Waals surface area contributed by atoms with Crippen molar-refractivity contribution in [2.45, 2.75) is 10.8 Å². The van der Waals surface area contributed by atoms with E-state index < -0.39 is 5.97 Å². The van der Waals surface area contributed by atoms with Gasteiger partial charge in [0.05, 0.1) is 30.5 Å². The Labute approximate surface area is 191 Å². The molecule has 0 bridgehead atoms. The summed E-state index contributed by atoms with van der Waals surface area (Å²) in [5, 5.41) is 4.57. The maximum atomic E-state index is 12.5. The molecule has 1 amide bonds. The molecular formula is C22H18N2O6S2. The molecule has 0 saturated heterocycles. The Kier molecular flexibility index (Phi) is 6.72. The molecule has 2 aromatic carbocycles. The van der Waals surface area contributed by atoms with E-state index >= 15 is 0 Å². The fourth-order valence-corrected chi connectivity index (χ4v) is 4.63. The first-order chi connectivity index (χ1) is 15.5. The Morgan fingerprint density at radius 1 is 1.09 bits per heavy atom. The number of methoxy groups -OCH3 is 1. The van der Waals surface area contributed by atoms with Crippen molar-refractivity contribution in [3.05, 3.63) is 64.7 Å². The number of hydrogen-bond acceptors (Lipinski definition) is 9. The van der Waals surface area contributed by atoms with Gasteiger partial charge in [-0.25, -0.2) is 9.78 Å². The van der Waals surface area contributed by atoms with Crippen molar-refractivity contribution in [1.29, 1.82) is 0 Å². The Morgan fingerprint density at radius 2 is 1.84 bits per heavy atom. The zero-order chi connectivity index (χ0) is 22.5. The van der Waals surface area contributed by atoms with E-state index in [0.29, 0.717) is 38.3 Å². The summed E-state index contributed by atoms with van der Waals surface area (Å²) in [7, 11) is 1.31. The zero-order valence-electron chi connectivity index (χ0n) is 17.0. The van der Waals surface area contributed by atoms with E-state index in [-0.39, 0.29) is 30.7 Å². The fourth-order valence-electron chi connectivity index (χ4n) is 2.89. The zero-order valence-corrected chi connectivity index (χ0v) is 18.6. The van der Waals surface area contributed by atoms with Crippen LogP contribution >= 0.6 is 23.1 Å². The minimum atomic E-state index is -0.438. The molecule has 3 aromatic rings. The van der Waals surface area contributed by atoms with Crippen LogP contribution in [-0.4, -0.2) is 42.3 Å². The summed E-state index contributed by atoms with van der Waals surface area (Å²) < 4.78 is 15.9. The normalized spacial score (nSPS) is 11.8. The number of ketones is 1. The first-order valence-electron chi connectivity index (χ1n) is 9.50. The molecule has 2 heterocycles. The number of fused-ring (bicyclic) bond motifs is 1. The number of carbonyl (C=O) groups excluding carboxylic acids is 3. The van der Waals surface area contributed by atoms with Gasteiger partial charge in [0.15, 0.2) is 21.6 Å². The number of aromatic nitrogens is 1. The molecule has 0 spiro atoms. The van der Waals surface area contributed by atoms with E-state index in [1.54, 1.807) is 47.8 Å². The fraction of sp³-hybridized carbons (Fsp3) is 0.182. The van der Waals surface area contributed by atoms with Gasteiger partial charge in [0, 0.05) is 16.6 Å². The number of Topliss-reactive ketones (excluding diaryl/α,β-unsaturated/α-hetero) is 1. The molecule has 1 N–H and O–H groups in total. The number of esters is 1. The lowest BCUT2D eigenvalue weighted by Gasteiger charge is -2.05. The first-order valence-corrected chi connectivity index (χ1v) is 11.4. The third-order valence-electron chi connectivity index (χ3n) is 4.48. The van der Waals surface area contributed by atoms with Gasteiger partial charge in [0.1, 0.15) is 0 Å². The lowest BCUT2D eigenvalue weighted by molar-refractivity contribution is -0.115. The molecule has 8 nitrogen and oxygen atoms in total. The third-order valence-corrected chi connectivity index (χ3v) is 6.55. The minimum Gasteiger partial charge on any atom is -0.465 e. The van der Waals surface area contributed by atoms with Crippen LogP contribution in [0.15, 0.2) is 52.2 Å². The lowest BCUT2D eigenvalue weighted by atomic mass is 10.1. The predicted octanol–water partition coefficient (Wildman–Crippen LogP) is 3.81. The third kappa shape index (κ3) is 5.27. The second-order valence-corrected chi connectivity index (χ2v) is 8.76. The largest absolute Gasteiger partial charge is 0.465 e. The average molecular weight is 471 g/mol. The van der Waals surface area contributed by atoms with Crippen LogP contribution in [0.1, 0.15) is 26.4 Å². The Bertz CT molecular complexity index is 1160. The van der Waals surface area contributed by atoms with E-state index in [9.17, 15) is 14.4 Å². The number of amides is 1. The van der Waals surface area contributed by atoms with Crippen molar-refractivity contribution < 1.29 is 28.6 Å². The number of thiazole rings is 1. The van der Waals surface area contributed by atoms with Gasteiger partial charge in [-0.05, 0) is 42.5 Å². The molecule has 164 valence electrons. The monoisotopic (exact) mass is 470 g/mol. The van der Waals surface area contributed by atoms with Gasteiger partial charge in [-0.15, -0.1) is 11.3 Å². The molecule has 10 heteroatoms. The summed E-state index contributed by atoms with van der Waals surface area (Å²) in [6.07, 6.45) is 0.103. The minimum absolute atomic E-state index is 0.0433. The Morgan fingerprint density at radius 3 is 2.62 bits per heavy atom. The van der Waals surface area contributed by atoms with Gasteiger partial charge >= 0.3 is 5.97 Å². The van der Waals surface area contributed by atoms with Crippen molar-refractivity contribution >= 4 is 46.4 Å². The average Bonchev–Trinajstić information content (AvgIpc) is 3.46. The van der Waals surface area contributed by atoms with E-state index in [4.69, 9.17) is 9.47 Å². The SMILES string of the molecule is COC(=O)c1ccc(NC(=O)Cc2csc(SCC(=O)c3ccc4c(c3)OCO4)n2)cc1. The van der Waals surface area contributed by atoms with Crippen LogP contribution in [0.4, 0.5) is 5.69 Å². The number of anilines is 1. The van der Waals surface area contributed by atoms with E-state index in [1.807, 2.05) is 0 Å². The highest BCUT2D eigenvalue weighted by Crippen LogP contribution is 2.33. The summed E-state index contributed by atoms with van der Waals surface area (Å²) in [6.45, 7) is 0.163. The highest BCUT2D eigenvalue weighted by Gasteiger charge is 2.17. The summed E-state index contributed by atoms with van der Waals surface area (Å²) in [5.74, 6) is 0.727. The van der Waals surface area contributed by atoms with Gasteiger partial charge in [-0.2, -0.15) is 0 Å². The second-order valence-electron chi connectivity index (χ2n) is 6.68. The summed E-state index contributed by atoms with van der Waals surface area (Å²) >= 11 is 2.71. The number of ether oxygens (including phenoxy) is 3. The number of nitrogens with zero attached hydrogens (tertiary/aromatic N) is 1. The van der Waals surface area contributed by atoms with Crippen LogP contribution in [0.3, 0.4) is 0 Å². The van der Waals surface area contributed by atoms with Gasteiger partial charge in [0.25, 0.3) is 0 Å². The molecule has 0 aliphatic carbocycles. The molecule has 4 rings (SSSR count). The van der Waals surface area contributed by atoms with Crippen molar-refractivity contribution in [1.82, 2.24) is 4.98 Å². The van der Waals surface area contributed by atoms with Gasteiger partial charge in [-0.3, -0.25) is 9.59 Å². The summed E-state index contributed by atoms with van der Waals surface area (Å²) in [5.41, 5.74) is 2.15. The van der Waals surface area contributed by atoms with E-state index in [0.717, 1.165) is 0 Å². The van der Waals surface area contributed by atoms with Crippen LogP contribution in [0.25, 0.3) is 0 Å². The highest BCUT2D eigenvalue weighted by atomic mass is 32.2. The molecule has 32 heavy (non-hydrogen) atoms. The summed E-state index contributed by atoms with van der Waals surface area (Å²) in [6, 6.07) is 11.5. The van der Waals surface area contributed by atoms with Crippen LogP contribution in [0.5, 0.6) is 11.5 Å². The van der Waals surface area contributed by atoms with Crippen LogP contribution < -0.4 is 14.8 Å². The van der Waals surface area contributed by atoms with Gasteiger partial charge < -0.3 is 19.5 Å². The quantitative estimate of drug-likeness (QED) is 0.301. The molecule has 1 aliphatic heterocycles. The van der Waals surface area contributed by atoms with E-state index in [2.05, 4.69) is 15.0 Å². The Balaban J connectivity index is 1.27. The number of benzene rings is 2. The topological polar surface area (TPSA) is 104 Å². The number of carbonyl (C=O) groups is 3. The number of nitrogens with one attached hydrogen (secondary N) is 1. The van der Waals surface area contributed by atoms with Crippen LogP contribution in [0.2, 0.25) is 0 Å². The summed E-state index contributed by atoms with van der Waals surface area (Å²) in [4.78, 5) is 40.6. The molecule has 0 unspecified atom stereocenters. The lowest BCUT2D eigenvalue weighted by Crippen LogP contribution is -2.14. The predicted molar refractivity (Wildman–Crippen MR) is 120 cm³/mol. The smallest absolute Gasteiger partial charge is 0.337 e. The maximum Gasteiger partial charge on any atom is 0.337 e. The van der Waals surface area contributed by atoms with Crippen LogP contribution in [0, 0.1) is 0 Å². The van der Waals surface area contributed by atoms with Crippen molar-refractivity contribution in [3.8, 4) is 11.5 Å². The van der Waals surface area contributed by atoms with Crippen molar-refractivity contribution in [2.75, 3.05) is 25.0 Å². The van der Waals surface area contributed by atoms with Crippen molar-refractivity contribution in [3.63, 3.8) is 0 Å². The van der Waals surface area contributed by atoms with Crippen molar-refractivity contribution in [2.24, 2.45) is 0 Å². The maximum absolute atomic E-state index is 12.5. The Hall–Kier alpha value is -3.37. The second kappa shape index (κ2) is 9.84. The van der Waals surface area contributed by atoms with Crippen LogP contribution in [-0.2, 0) is 16.0 Å². The number of hydrogen-bond donors (Lipinski definition) is 1. The molecule has 1 aromatic heterocycles. The molecule has 0 radical (unpaired) electrons.